The highest BCUT2D eigenvalue weighted by Gasteiger charge is 2.63. The van der Waals surface area contributed by atoms with Gasteiger partial charge in [0.25, 0.3) is 11.6 Å². The van der Waals surface area contributed by atoms with Gasteiger partial charge in [-0.1, -0.05) is 30.3 Å². The zero-order valence-electron chi connectivity index (χ0n) is 16.6. The number of alkyl halides is 3. The maximum absolute atomic E-state index is 14.1. The Morgan fingerprint density at radius 2 is 1.63 bits per heavy atom. The first-order chi connectivity index (χ1) is 14.2. The summed E-state index contributed by atoms with van der Waals surface area (Å²) in [5.41, 5.74) is -2.69. The normalized spacial score (nSPS) is 13.2. The molecule has 0 heterocycles. The monoisotopic (exact) mass is 424 g/mol. The lowest BCUT2D eigenvalue weighted by molar-refractivity contribution is -0.218. The number of rotatable bonds is 9. The Morgan fingerprint density at radius 1 is 1.00 bits per heavy atom. The van der Waals surface area contributed by atoms with Crippen molar-refractivity contribution in [3.8, 4) is 5.75 Å². The number of carbonyl (C=O) groups excluding carboxylic acids is 2. The van der Waals surface area contributed by atoms with Gasteiger partial charge in [-0.2, -0.15) is 13.2 Å². The van der Waals surface area contributed by atoms with Gasteiger partial charge in [0.15, 0.2) is 0 Å². The lowest BCUT2D eigenvalue weighted by Crippen LogP contribution is -2.73. The van der Waals surface area contributed by atoms with Crippen LogP contribution < -0.4 is 15.4 Å². The minimum atomic E-state index is -5.15. The Hall–Kier alpha value is -3.07. The van der Waals surface area contributed by atoms with Crippen molar-refractivity contribution in [2.45, 2.75) is 25.2 Å². The van der Waals surface area contributed by atoms with Gasteiger partial charge < -0.3 is 14.8 Å². The van der Waals surface area contributed by atoms with E-state index in [0.29, 0.717) is 5.75 Å². The Bertz CT molecular complexity index is 842. The van der Waals surface area contributed by atoms with Crippen LogP contribution in [0.25, 0.3) is 0 Å². The molecule has 0 saturated carbocycles. The molecule has 0 aliphatic rings. The number of methoxy groups -OCH3 is 1. The van der Waals surface area contributed by atoms with Crippen molar-refractivity contribution >= 4 is 11.9 Å². The molecule has 0 saturated heterocycles. The fourth-order valence-corrected chi connectivity index (χ4v) is 2.72. The van der Waals surface area contributed by atoms with E-state index < -0.39 is 23.7 Å². The second-order valence-corrected chi connectivity index (χ2v) is 6.31. The fraction of sp³-hybridized carbons (Fsp3) is 0.333. The van der Waals surface area contributed by atoms with Crippen LogP contribution in [0.5, 0.6) is 5.75 Å². The van der Waals surface area contributed by atoms with Gasteiger partial charge >= 0.3 is 12.1 Å². The van der Waals surface area contributed by atoms with E-state index in [1.54, 1.807) is 35.6 Å². The van der Waals surface area contributed by atoms with Crippen molar-refractivity contribution in [1.82, 2.24) is 10.6 Å². The van der Waals surface area contributed by atoms with E-state index in [-0.39, 0.29) is 25.1 Å². The number of hydrogen-bond donors (Lipinski definition) is 2. The van der Waals surface area contributed by atoms with Crippen LogP contribution in [-0.4, -0.2) is 44.0 Å². The maximum atomic E-state index is 14.1. The Morgan fingerprint density at radius 3 is 2.17 bits per heavy atom. The Kier molecular flexibility index (Phi) is 7.82. The third-order valence-corrected chi connectivity index (χ3v) is 4.31. The SMILES string of the molecule is CCOC(=O)[C@](NCCc1ccccc1)(NC(=O)c1ccc(OC)cc1)C(F)(F)F. The molecule has 162 valence electrons. The lowest BCUT2D eigenvalue weighted by Gasteiger charge is -2.34. The van der Waals surface area contributed by atoms with E-state index in [1.807, 2.05) is 0 Å². The fourth-order valence-electron chi connectivity index (χ4n) is 2.72. The van der Waals surface area contributed by atoms with E-state index in [4.69, 9.17) is 4.74 Å². The number of carbonyl (C=O) groups is 2. The molecule has 9 heteroatoms. The van der Waals surface area contributed by atoms with Gasteiger partial charge in [0.2, 0.25) is 0 Å². The van der Waals surface area contributed by atoms with Crippen molar-refractivity contribution in [1.29, 1.82) is 0 Å². The first-order valence-corrected chi connectivity index (χ1v) is 9.23. The topological polar surface area (TPSA) is 76.7 Å². The molecule has 0 spiro atoms. The molecule has 2 aromatic carbocycles. The van der Waals surface area contributed by atoms with Gasteiger partial charge in [-0.25, -0.2) is 4.79 Å². The van der Waals surface area contributed by atoms with E-state index >= 15 is 0 Å². The van der Waals surface area contributed by atoms with E-state index in [0.717, 1.165) is 5.56 Å². The largest absolute Gasteiger partial charge is 0.497 e. The van der Waals surface area contributed by atoms with E-state index in [1.165, 1.54) is 38.3 Å². The standard InChI is InChI=1S/C21H23F3N2O4/c1-3-30-19(28)20(21(22,23)24,25-14-13-15-7-5-4-6-8-15)26-18(27)16-9-11-17(29-2)12-10-16/h4-12,25H,3,13-14H2,1-2H3,(H,26,27)/t20-/m0/s1. The zero-order valence-corrected chi connectivity index (χ0v) is 16.6. The number of benzene rings is 2. The maximum Gasteiger partial charge on any atom is 0.436 e. The number of halogens is 3. The third kappa shape index (κ3) is 5.50. The third-order valence-electron chi connectivity index (χ3n) is 4.31. The molecular formula is C21H23F3N2O4. The zero-order chi connectivity index (χ0) is 22.2. The summed E-state index contributed by atoms with van der Waals surface area (Å²) >= 11 is 0. The molecule has 6 nitrogen and oxygen atoms in total. The molecule has 0 fully saturated rings. The summed E-state index contributed by atoms with van der Waals surface area (Å²) in [6, 6.07) is 14.2. The van der Waals surface area contributed by atoms with Crippen LogP contribution in [0.15, 0.2) is 54.6 Å². The van der Waals surface area contributed by atoms with Gasteiger partial charge in [0.1, 0.15) is 5.75 Å². The van der Waals surface area contributed by atoms with Gasteiger partial charge in [-0.15, -0.1) is 0 Å². The molecule has 0 bridgehead atoms. The molecule has 1 amide bonds. The summed E-state index contributed by atoms with van der Waals surface area (Å²) < 4.78 is 51.8. The van der Waals surface area contributed by atoms with E-state index in [9.17, 15) is 22.8 Å². The van der Waals surface area contributed by atoms with Crippen molar-refractivity contribution < 1.29 is 32.2 Å². The van der Waals surface area contributed by atoms with Crippen LogP contribution in [0.3, 0.4) is 0 Å². The minimum absolute atomic E-state index is 0.0708. The van der Waals surface area contributed by atoms with Crippen molar-refractivity contribution in [3.05, 3.63) is 65.7 Å². The van der Waals surface area contributed by atoms with E-state index in [2.05, 4.69) is 10.1 Å². The number of ether oxygens (including phenoxy) is 2. The van der Waals surface area contributed by atoms with Gasteiger partial charge in [-0.3, -0.25) is 10.1 Å². The molecule has 0 aromatic heterocycles. The quantitative estimate of drug-likeness (QED) is 0.478. The Labute approximate surface area is 172 Å². The molecule has 2 aromatic rings. The van der Waals surface area contributed by atoms with Gasteiger partial charge in [0.05, 0.1) is 13.7 Å². The molecule has 0 aliphatic heterocycles. The highest BCUT2D eigenvalue weighted by atomic mass is 19.4. The number of nitrogens with one attached hydrogen (secondary N) is 2. The molecule has 0 unspecified atom stereocenters. The number of amides is 1. The molecule has 0 aliphatic carbocycles. The van der Waals surface area contributed by atoms with Crippen LogP contribution in [-0.2, 0) is 16.0 Å². The second-order valence-electron chi connectivity index (χ2n) is 6.31. The molecular weight excluding hydrogens is 401 g/mol. The lowest BCUT2D eigenvalue weighted by atomic mass is 10.1. The average molecular weight is 424 g/mol. The molecule has 2 N–H and O–H groups in total. The van der Waals surface area contributed by atoms with Crippen molar-refractivity contribution in [2.75, 3.05) is 20.3 Å². The van der Waals surface area contributed by atoms with Crippen molar-refractivity contribution in [3.63, 3.8) is 0 Å². The van der Waals surface area contributed by atoms with Crippen LogP contribution in [0, 0.1) is 0 Å². The second kappa shape index (κ2) is 10.1. The molecule has 2 rings (SSSR count). The molecule has 0 radical (unpaired) electrons. The molecule has 30 heavy (non-hydrogen) atoms. The van der Waals surface area contributed by atoms with Gasteiger partial charge in [0, 0.05) is 12.1 Å². The van der Waals surface area contributed by atoms with Crippen LogP contribution in [0.1, 0.15) is 22.8 Å². The summed E-state index contributed by atoms with van der Waals surface area (Å²) in [6.07, 6.45) is -4.95. The predicted molar refractivity (Wildman–Crippen MR) is 104 cm³/mol. The summed E-state index contributed by atoms with van der Waals surface area (Å²) in [5.74, 6) is -2.29. The van der Waals surface area contributed by atoms with Crippen molar-refractivity contribution in [2.24, 2.45) is 0 Å². The predicted octanol–water partition coefficient (Wildman–Crippen LogP) is 3.08. The van der Waals surface area contributed by atoms with Crippen LogP contribution in [0.4, 0.5) is 13.2 Å². The first kappa shape index (κ1) is 23.2. The first-order valence-electron chi connectivity index (χ1n) is 9.23. The highest BCUT2D eigenvalue weighted by Crippen LogP contribution is 2.30. The van der Waals surface area contributed by atoms with Crippen LogP contribution >= 0.6 is 0 Å². The highest BCUT2D eigenvalue weighted by molar-refractivity contribution is 5.98. The van der Waals surface area contributed by atoms with Crippen LogP contribution in [0.2, 0.25) is 0 Å². The number of hydrogen-bond acceptors (Lipinski definition) is 5. The average Bonchev–Trinajstić information content (AvgIpc) is 2.73. The van der Waals surface area contributed by atoms with Gasteiger partial charge in [-0.05, 0) is 43.2 Å². The summed E-state index contributed by atoms with van der Waals surface area (Å²) in [5, 5.41) is 3.98. The Balaban J connectivity index is 2.29. The summed E-state index contributed by atoms with van der Waals surface area (Å²) in [6.45, 7) is 0.870. The summed E-state index contributed by atoms with van der Waals surface area (Å²) in [7, 11) is 1.42. The smallest absolute Gasteiger partial charge is 0.436 e. The minimum Gasteiger partial charge on any atom is -0.497 e. The number of esters is 1. The molecule has 1 atom stereocenters. The summed E-state index contributed by atoms with van der Waals surface area (Å²) in [4.78, 5) is 24.9.